The topological polar surface area (TPSA) is 21.3 Å². The van der Waals surface area contributed by atoms with Gasteiger partial charge in [0.25, 0.3) is 0 Å². The largest absolute Gasteiger partial charge is 0.381 e. The Kier molecular flexibility index (Phi) is 6.20. The quantitative estimate of drug-likeness (QED) is 0.576. The summed E-state index contributed by atoms with van der Waals surface area (Å²) in [5, 5.41) is 3.41. The van der Waals surface area contributed by atoms with Gasteiger partial charge in [0.1, 0.15) is 0 Å². The second kappa shape index (κ2) is 7.24. The maximum absolute atomic E-state index is 5.54. The monoisotopic (exact) mass is 199 g/mol. The van der Waals surface area contributed by atoms with Crippen molar-refractivity contribution in [1.29, 1.82) is 0 Å². The zero-order valence-corrected chi connectivity index (χ0v) is 9.72. The summed E-state index contributed by atoms with van der Waals surface area (Å²) in [4.78, 5) is 0. The number of ether oxygens (including phenoxy) is 1. The van der Waals surface area contributed by atoms with Crippen LogP contribution < -0.4 is 5.32 Å². The molecule has 1 fully saturated rings. The van der Waals surface area contributed by atoms with Crippen LogP contribution in [0.15, 0.2) is 0 Å². The maximum Gasteiger partial charge on any atom is 0.0466 e. The number of hydrogen-bond acceptors (Lipinski definition) is 2. The standard InChI is InChI=1S/C12H25NO/c1-3-4-9-14-10-5-6-12(13-2)11-7-8-11/h11-13H,3-10H2,1-2H3. The Balaban J connectivity index is 1.86. The fourth-order valence-corrected chi connectivity index (χ4v) is 1.87. The summed E-state index contributed by atoms with van der Waals surface area (Å²) >= 11 is 0. The Morgan fingerprint density at radius 3 is 2.57 bits per heavy atom. The van der Waals surface area contributed by atoms with E-state index in [1.165, 1.54) is 38.5 Å². The number of hydrogen-bond donors (Lipinski definition) is 1. The molecule has 0 aromatic rings. The molecule has 1 rings (SSSR count). The van der Waals surface area contributed by atoms with Crippen LogP contribution >= 0.6 is 0 Å². The Morgan fingerprint density at radius 1 is 1.29 bits per heavy atom. The van der Waals surface area contributed by atoms with Crippen molar-refractivity contribution in [2.45, 2.75) is 51.5 Å². The van der Waals surface area contributed by atoms with Crippen LogP contribution in [0.3, 0.4) is 0 Å². The van der Waals surface area contributed by atoms with E-state index in [0.717, 1.165) is 25.2 Å². The molecule has 0 aromatic heterocycles. The van der Waals surface area contributed by atoms with Crippen LogP contribution in [0.2, 0.25) is 0 Å². The van der Waals surface area contributed by atoms with Crippen LogP contribution in [0.25, 0.3) is 0 Å². The second-order valence-corrected chi connectivity index (χ2v) is 4.34. The lowest BCUT2D eigenvalue weighted by atomic mass is 10.1. The third-order valence-electron chi connectivity index (χ3n) is 3.01. The number of rotatable bonds is 9. The van der Waals surface area contributed by atoms with E-state index >= 15 is 0 Å². The minimum absolute atomic E-state index is 0.754. The summed E-state index contributed by atoms with van der Waals surface area (Å²) in [7, 11) is 2.08. The predicted molar refractivity (Wildman–Crippen MR) is 60.5 cm³/mol. The Morgan fingerprint density at radius 2 is 2.00 bits per heavy atom. The summed E-state index contributed by atoms with van der Waals surface area (Å²) in [6.45, 7) is 4.10. The van der Waals surface area contributed by atoms with Crippen LogP contribution in [0.5, 0.6) is 0 Å². The van der Waals surface area contributed by atoms with Gasteiger partial charge in [-0.15, -0.1) is 0 Å². The zero-order chi connectivity index (χ0) is 10.2. The molecule has 0 aromatic carbocycles. The van der Waals surface area contributed by atoms with Crippen LogP contribution in [0.4, 0.5) is 0 Å². The molecule has 0 radical (unpaired) electrons. The molecule has 14 heavy (non-hydrogen) atoms. The molecule has 1 unspecified atom stereocenters. The molecule has 0 saturated heterocycles. The molecule has 1 aliphatic carbocycles. The zero-order valence-electron chi connectivity index (χ0n) is 9.72. The average molecular weight is 199 g/mol. The Bertz CT molecular complexity index is 134. The van der Waals surface area contributed by atoms with E-state index in [0.29, 0.717) is 0 Å². The van der Waals surface area contributed by atoms with E-state index in [9.17, 15) is 0 Å². The van der Waals surface area contributed by atoms with E-state index in [1.54, 1.807) is 0 Å². The van der Waals surface area contributed by atoms with Gasteiger partial charge in [-0.05, 0) is 45.1 Å². The molecule has 0 spiro atoms. The van der Waals surface area contributed by atoms with Crippen molar-refractivity contribution in [2.75, 3.05) is 20.3 Å². The van der Waals surface area contributed by atoms with Crippen LogP contribution in [-0.4, -0.2) is 26.3 Å². The van der Waals surface area contributed by atoms with Crippen molar-refractivity contribution in [1.82, 2.24) is 5.32 Å². The molecule has 1 N–H and O–H groups in total. The molecule has 0 bridgehead atoms. The Hall–Kier alpha value is -0.0800. The highest BCUT2D eigenvalue weighted by molar-refractivity contribution is 4.85. The molecule has 0 heterocycles. The van der Waals surface area contributed by atoms with Crippen LogP contribution in [-0.2, 0) is 4.74 Å². The van der Waals surface area contributed by atoms with Crippen molar-refractivity contribution >= 4 is 0 Å². The first kappa shape index (κ1) is 12.0. The Labute approximate surface area is 88.4 Å². The van der Waals surface area contributed by atoms with E-state index in [1.807, 2.05) is 0 Å². The molecule has 1 atom stereocenters. The van der Waals surface area contributed by atoms with E-state index in [-0.39, 0.29) is 0 Å². The molecule has 0 amide bonds. The summed E-state index contributed by atoms with van der Waals surface area (Å²) in [6, 6.07) is 0.754. The molecule has 2 nitrogen and oxygen atoms in total. The summed E-state index contributed by atoms with van der Waals surface area (Å²) in [5.41, 5.74) is 0. The van der Waals surface area contributed by atoms with Gasteiger partial charge in [-0.3, -0.25) is 0 Å². The SMILES string of the molecule is CCCCOCCCC(NC)C1CC1. The molecule has 84 valence electrons. The fourth-order valence-electron chi connectivity index (χ4n) is 1.87. The van der Waals surface area contributed by atoms with Gasteiger partial charge in [-0.1, -0.05) is 13.3 Å². The minimum atomic E-state index is 0.754. The van der Waals surface area contributed by atoms with Gasteiger partial charge in [0.05, 0.1) is 0 Å². The summed E-state index contributed by atoms with van der Waals surface area (Å²) < 4.78 is 5.54. The lowest BCUT2D eigenvalue weighted by Crippen LogP contribution is -2.27. The van der Waals surface area contributed by atoms with E-state index < -0.39 is 0 Å². The first-order chi connectivity index (χ1) is 6.88. The van der Waals surface area contributed by atoms with E-state index in [4.69, 9.17) is 4.74 Å². The molecular formula is C12H25NO. The first-order valence-electron chi connectivity index (χ1n) is 6.13. The predicted octanol–water partition coefficient (Wildman–Crippen LogP) is 2.58. The molecule has 1 aliphatic rings. The van der Waals surface area contributed by atoms with Gasteiger partial charge in [0, 0.05) is 19.3 Å². The van der Waals surface area contributed by atoms with Gasteiger partial charge >= 0.3 is 0 Å². The van der Waals surface area contributed by atoms with Crippen LogP contribution in [0.1, 0.15) is 45.4 Å². The van der Waals surface area contributed by atoms with Crippen molar-refractivity contribution in [3.8, 4) is 0 Å². The highest BCUT2D eigenvalue weighted by Gasteiger charge is 2.29. The maximum atomic E-state index is 5.54. The van der Waals surface area contributed by atoms with Crippen molar-refractivity contribution in [3.05, 3.63) is 0 Å². The first-order valence-corrected chi connectivity index (χ1v) is 6.13. The van der Waals surface area contributed by atoms with Gasteiger partial charge in [0.2, 0.25) is 0 Å². The number of nitrogens with one attached hydrogen (secondary N) is 1. The second-order valence-electron chi connectivity index (χ2n) is 4.34. The average Bonchev–Trinajstić information content (AvgIpc) is 3.01. The minimum Gasteiger partial charge on any atom is -0.381 e. The lowest BCUT2D eigenvalue weighted by Gasteiger charge is -2.14. The lowest BCUT2D eigenvalue weighted by molar-refractivity contribution is 0.125. The van der Waals surface area contributed by atoms with Crippen LogP contribution in [0, 0.1) is 5.92 Å². The third kappa shape index (κ3) is 4.97. The summed E-state index contributed by atoms with van der Waals surface area (Å²) in [5.74, 6) is 0.968. The molecule has 2 heteroatoms. The van der Waals surface area contributed by atoms with Gasteiger partial charge in [0.15, 0.2) is 0 Å². The number of unbranched alkanes of at least 4 members (excludes halogenated alkanes) is 1. The molecule has 0 aliphatic heterocycles. The smallest absolute Gasteiger partial charge is 0.0466 e. The fraction of sp³-hybridized carbons (Fsp3) is 1.00. The molecule has 1 saturated carbocycles. The van der Waals surface area contributed by atoms with E-state index in [2.05, 4.69) is 19.3 Å². The normalized spacial score (nSPS) is 18.4. The molecular weight excluding hydrogens is 174 g/mol. The summed E-state index contributed by atoms with van der Waals surface area (Å²) in [6.07, 6.45) is 7.81. The van der Waals surface area contributed by atoms with Gasteiger partial charge in [-0.25, -0.2) is 0 Å². The highest BCUT2D eigenvalue weighted by atomic mass is 16.5. The van der Waals surface area contributed by atoms with Crippen molar-refractivity contribution in [3.63, 3.8) is 0 Å². The van der Waals surface area contributed by atoms with Crippen molar-refractivity contribution in [2.24, 2.45) is 5.92 Å². The van der Waals surface area contributed by atoms with Gasteiger partial charge < -0.3 is 10.1 Å². The highest BCUT2D eigenvalue weighted by Crippen LogP contribution is 2.34. The third-order valence-corrected chi connectivity index (χ3v) is 3.01. The van der Waals surface area contributed by atoms with Gasteiger partial charge in [-0.2, -0.15) is 0 Å². The van der Waals surface area contributed by atoms with Crippen molar-refractivity contribution < 1.29 is 4.74 Å².